The van der Waals surface area contributed by atoms with Gasteiger partial charge in [-0.05, 0) is 5.56 Å². The third kappa shape index (κ3) is 4.18. The summed E-state index contributed by atoms with van der Waals surface area (Å²) < 4.78 is 7.17. The summed E-state index contributed by atoms with van der Waals surface area (Å²) in [4.78, 5) is 13.7. The first kappa shape index (κ1) is 16.2. The first-order valence-electron chi connectivity index (χ1n) is 7.78. The predicted molar refractivity (Wildman–Crippen MR) is 86.9 cm³/mol. The average Bonchev–Trinajstić information content (AvgIpc) is 2.91. The van der Waals surface area contributed by atoms with Crippen molar-refractivity contribution in [2.45, 2.75) is 26.8 Å². The lowest BCUT2D eigenvalue weighted by molar-refractivity contribution is -0.118. The highest BCUT2D eigenvalue weighted by Gasteiger charge is 2.20. The Bertz CT molecular complexity index is 581. The van der Waals surface area contributed by atoms with Crippen molar-refractivity contribution in [1.29, 1.82) is 0 Å². The molecule has 0 radical (unpaired) electrons. The molecule has 2 heterocycles. The lowest BCUT2D eigenvalue weighted by Crippen LogP contribution is -2.32. The van der Waals surface area contributed by atoms with Crippen LogP contribution in [-0.4, -0.2) is 35.4 Å². The van der Waals surface area contributed by atoms with E-state index in [1.807, 2.05) is 49.0 Å². The summed E-state index contributed by atoms with van der Waals surface area (Å²) >= 11 is 0. The first-order chi connectivity index (χ1) is 10.8. The Labute approximate surface area is 131 Å². The monoisotopic (exact) mass is 301 g/mol. The van der Waals surface area contributed by atoms with E-state index in [1.54, 1.807) is 4.90 Å². The van der Waals surface area contributed by atoms with Gasteiger partial charge in [-0.3, -0.25) is 14.4 Å². The molecule has 1 aromatic carbocycles. The van der Waals surface area contributed by atoms with Crippen molar-refractivity contribution in [2.75, 3.05) is 24.7 Å². The van der Waals surface area contributed by atoms with Gasteiger partial charge in [0.15, 0.2) is 5.82 Å². The van der Waals surface area contributed by atoms with Crippen LogP contribution >= 0.6 is 0 Å². The minimum absolute atomic E-state index is 0.0764. The molecule has 118 valence electrons. The molecule has 0 unspecified atom stereocenters. The smallest absolute Gasteiger partial charge is 0.230 e. The van der Waals surface area contributed by atoms with Crippen LogP contribution < -0.4 is 4.90 Å². The maximum atomic E-state index is 12.0. The van der Waals surface area contributed by atoms with Crippen LogP contribution in [0.5, 0.6) is 0 Å². The fraction of sp³-hybridized carbons (Fsp3) is 0.412. The number of hydrogen-bond acceptors (Lipinski definition) is 3. The molecule has 1 fully saturated rings. The van der Waals surface area contributed by atoms with Gasteiger partial charge in [-0.1, -0.05) is 44.2 Å². The lowest BCUT2D eigenvalue weighted by atomic mass is 10.2. The molecular formula is C17H23N3O2. The molecule has 1 aliphatic rings. The SMILES string of the molecule is CC.O=C1CCOCCN1c1ccn(Cc2ccccc2)n1. The number of ether oxygens (including phenoxy) is 1. The van der Waals surface area contributed by atoms with Gasteiger partial charge in [-0.15, -0.1) is 0 Å². The van der Waals surface area contributed by atoms with Crippen LogP contribution in [-0.2, 0) is 16.1 Å². The zero-order valence-corrected chi connectivity index (χ0v) is 13.2. The van der Waals surface area contributed by atoms with E-state index in [4.69, 9.17) is 4.74 Å². The fourth-order valence-corrected chi connectivity index (χ4v) is 2.27. The van der Waals surface area contributed by atoms with Crippen molar-refractivity contribution in [3.63, 3.8) is 0 Å². The number of hydrogen-bond donors (Lipinski definition) is 0. The number of nitrogens with zero attached hydrogens (tertiary/aromatic N) is 3. The summed E-state index contributed by atoms with van der Waals surface area (Å²) in [5, 5.41) is 4.49. The Morgan fingerprint density at radius 3 is 2.68 bits per heavy atom. The van der Waals surface area contributed by atoms with Gasteiger partial charge >= 0.3 is 0 Å². The largest absolute Gasteiger partial charge is 0.379 e. The van der Waals surface area contributed by atoms with E-state index in [1.165, 1.54) is 5.56 Å². The molecule has 22 heavy (non-hydrogen) atoms. The van der Waals surface area contributed by atoms with Crippen molar-refractivity contribution < 1.29 is 9.53 Å². The van der Waals surface area contributed by atoms with Crippen LogP contribution in [0, 0.1) is 0 Å². The number of rotatable bonds is 3. The molecule has 0 bridgehead atoms. The van der Waals surface area contributed by atoms with Gasteiger partial charge in [0.1, 0.15) is 0 Å². The lowest BCUT2D eigenvalue weighted by Gasteiger charge is -2.16. The quantitative estimate of drug-likeness (QED) is 0.875. The Morgan fingerprint density at radius 1 is 1.14 bits per heavy atom. The molecular weight excluding hydrogens is 278 g/mol. The fourth-order valence-electron chi connectivity index (χ4n) is 2.27. The molecule has 3 rings (SSSR count). The standard InChI is InChI=1S/C15H17N3O2.C2H6/c19-15-7-10-20-11-9-18(15)14-6-8-17(16-14)12-13-4-2-1-3-5-13;1-2/h1-6,8H,7,9-12H2;1-2H3. The summed E-state index contributed by atoms with van der Waals surface area (Å²) in [6.45, 7) is 6.35. The van der Waals surface area contributed by atoms with Crippen LogP contribution in [0.2, 0.25) is 0 Å². The van der Waals surface area contributed by atoms with Crippen LogP contribution in [0.4, 0.5) is 5.82 Å². The third-order valence-electron chi connectivity index (χ3n) is 3.31. The van der Waals surface area contributed by atoms with Gasteiger partial charge in [-0.2, -0.15) is 5.10 Å². The van der Waals surface area contributed by atoms with E-state index in [0.29, 0.717) is 38.5 Å². The maximum Gasteiger partial charge on any atom is 0.230 e. The second-order valence-electron chi connectivity index (χ2n) is 4.76. The van der Waals surface area contributed by atoms with Crippen molar-refractivity contribution >= 4 is 11.7 Å². The number of aromatic nitrogens is 2. The van der Waals surface area contributed by atoms with Crippen molar-refractivity contribution in [3.8, 4) is 0 Å². The number of benzene rings is 1. The minimum atomic E-state index is 0.0764. The van der Waals surface area contributed by atoms with E-state index in [2.05, 4.69) is 17.2 Å². The topological polar surface area (TPSA) is 47.4 Å². The first-order valence-corrected chi connectivity index (χ1v) is 7.78. The van der Waals surface area contributed by atoms with Gasteiger partial charge in [0.05, 0.1) is 32.7 Å². The van der Waals surface area contributed by atoms with Crippen molar-refractivity contribution in [3.05, 3.63) is 48.2 Å². The predicted octanol–water partition coefficient (Wildman–Crippen LogP) is 2.71. The van der Waals surface area contributed by atoms with Gasteiger partial charge in [0.25, 0.3) is 0 Å². The highest BCUT2D eigenvalue weighted by molar-refractivity contribution is 5.92. The van der Waals surface area contributed by atoms with E-state index in [0.717, 1.165) is 0 Å². The highest BCUT2D eigenvalue weighted by Crippen LogP contribution is 2.14. The molecule has 1 amide bonds. The number of anilines is 1. The molecule has 0 spiro atoms. The van der Waals surface area contributed by atoms with E-state index in [9.17, 15) is 4.79 Å². The molecule has 1 aliphatic heterocycles. The van der Waals surface area contributed by atoms with Gasteiger partial charge in [-0.25, -0.2) is 0 Å². The Hall–Kier alpha value is -2.14. The second-order valence-corrected chi connectivity index (χ2v) is 4.76. The summed E-state index contributed by atoms with van der Waals surface area (Å²) in [6, 6.07) is 12.0. The molecule has 5 nitrogen and oxygen atoms in total. The molecule has 0 saturated carbocycles. The van der Waals surface area contributed by atoms with Gasteiger partial charge < -0.3 is 4.74 Å². The Kier molecular flexibility index (Phi) is 6.15. The number of amides is 1. The van der Waals surface area contributed by atoms with Crippen LogP contribution in [0.3, 0.4) is 0 Å². The minimum Gasteiger partial charge on any atom is -0.379 e. The number of carbonyl (C=O) groups is 1. The van der Waals surface area contributed by atoms with Crippen molar-refractivity contribution in [2.24, 2.45) is 0 Å². The summed E-state index contributed by atoms with van der Waals surface area (Å²) in [5.74, 6) is 0.781. The number of carbonyl (C=O) groups excluding carboxylic acids is 1. The third-order valence-corrected chi connectivity index (χ3v) is 3.31. The molecule has 1 saturated heterocycles. The summed E-state index contributed by atoms with van der Waals surface area (Å²) in [6.07, 6.45) is 2.33. The summed E-state index contributed by atoms with van der Waals surface area (Å²) in [5.41, 5.74) is 1.19. The molecule has 2 aromatic rings. The molecule has 0 aliphatic carbocycles. The van der Waals surface area contributed by atoms with Crippen LogP contribution in [0.1, 0.15) is 25.8 Å². The second kappa shape index (κ2) is 8.34. The van der Waals surface area contributed by atoms with E-state index in [-0.39, 0.29) is 5.91 Å². The zero-order valence-electron chi connectivity index (χ0n) is 13.2. The maximum absolute atomic E-state index is 12.0. The van der Waals surface area contributed by atoms with Crippen molar-refractivity contribution in [1.82, 2.24) is 9.78 Å². The normalized spacial score (nSPS) is 15.0. The zero-order chi connectivity index (χ0) is 15.8. The van der Waals surface area contributed by atoms with E-state index < -0.39 is 0 Å². The Morgan fingerprint density at radius 2 is 1.91 bits per heavy atom. The molecule has 0 atom stereocenters. The van der Waals surface area contributed by atoms with E-state index >= 15 is 0 Å². The van der Waals surface area contributed by atoms with Crippen LogP contribution in [0.15, 0.2) is 42.6 Å². The van der Waals surface area contributed by atoms with Gasteiger partial charge in [0, 0.05) is 12.3 Å². The highest BCUT2D eigenvalue weighted by atomic mass is 16.5. The summed E-state index contributed by atoms with van der Waals surface area (Å²) in [7, 11) is 0. The van der Waals surface area contributed by atoms with Gasteiger partial charge in [0.2, 0.25) is 5.91 Å². The van der Waals surface area contributed by atoms with Crippen LogP contribution in [0.25, 0.3) is 0 Å². The molecule has 1 aromatic heterocycles. The molecule has 0 N–H and O–H groups in total. The average molecular weight is 301 g/mol. The molecule has 5 heteroatoms. The Balaban J connectivity index is 0.000000847.